The number of rotatable bonds is 9. The molecule has 4 amide bonds. The van der Waals surface area contributed by atoms with Crippen LogP contribution in [-0.2, 0) is 21.0 Å². The maximum Gasteiger partial charge on any atom is 0.327 e. The monoisotopic (exact) mass is 564 g/mol. The Hall–Kier alpha value is -4.12. The maximum atomic E-state index is 13.1. The molecule has 0 aliphatic carbocycles. The number of hydrogen-bond acceptors (Lipinski definition) is 7. The lowest BCUT2D eigenvalue weighted by Gasteiger charge is -2.47. The smallest absolute Gasteiger partial charge is 0.327 e. The number of carbonyl (C=O) groups is 4. The first-order chi connectivity index (χ1) is 19.9. The predicted octanol–water partition coefficient (Wildman–Crippen LogP) is 2.21. The van der Waals surface area contributed by atoms with Gasteiger partial charge in [-0.25, -0.2) is 14.5 Å². The number of carbonyl (C=O) groups excluding carboxylic acids is 3. The first-order valence-electron chi connectivity index (χ1n) is 14.1. The number of carboxylic acids is 1. The molecule has 2 N–H and O–H groups in total. The molecule has 0 aromatic heterocycles. The summed E-state index contributed by atoms with van der Waals surface area (Å²) in [7, 11) is 0. The van der Waals surface area contributed by atoms with E-state index < -0.39 is 29.9 Å². The number of piperidine rings is 1. The molecule has 0 saturated carbocycles. The summed E-state index contributed by atoms with van der Waals surface area (Å²) in [6, 6.07) is 15.2. The normalized spacial score (nSPS) is 21.3. The molecule has 0 radical (unpaired) electrons. The molecule has 11 nitrogen and oxygen atoms in total. The third-order valence-corrected chi connectivity index (χ3v) is 8.06. The van der Waals surface area contributed by atoms with Crippen molar-refractivity contribution in [2.24, 2.45) is 11.8 Å². The number of aliphatic carboxylic acids is 1. The van der Waals surface area contributed by atoms with Gasteiger partial charge in [0, 0.05) is 26.2 Å². The van der Waals surface area contributed by atoms with Gasteiger partial charge >= 0.3 is 12.0 Å². The van der Waals surface area contributed by atoms with E-state index in [1.807, 2.05) is 30.3 Å². The van der Waals surface area contributed by atoms with Crippen molar-refractivity contribution in [2.45, 2.75) is 31.9 Å². The Morgan fingerprint density at radius 3 is 2.10 bits per heavy atom. The fraction of sp³-hybridized carbons (Fsp3) is 0.467. The SMILES string of the molecule is O=C(O)[C@@H]1[C@@H](CC2CCNCC2)C(=O)N1C(=O)N1CCN(C(=O)COc2ccc(OCc3ccccc3)cc2)CC1. The van der Waals surface area contributed by atoms with Crippen LogP contribution in [0.3, 0.4) is 0 Å². The van der Waals surface area contributed by atoms with E-state index in [2.05, 4.69) is 5.32 Å². The van der Waals surface area contributed by atoms with Gasteiger partial charge in [0.2, 0.25) is 5.91 Å². The van der Waals surface area contributed by atoms with E-state index in [-0.39, 0.29) is 44.6 Å². The molecule has 3 aliphatic rings. The van der Waals surface area contributed by atoms with Crippen LogP contribution in [0.2, 0.25) is 0 Å². The number of nitrogens with zero attached hydrogens (tertiary/aromatic N) is 3. The zero-order valence-corrected chi connectivity index (χ0v) is 22.9. The summed E-state index contributed by atoms with van der Waals surface area (Å²) >= 11 is 0. The summed E-state index contributed by atoms with van der Waals surface area (Å²) in [4.78, 5) is 54.6. The molecule has 0 bridgehead atoms. The highest BCUT2D eigenvalue weighted by atomic mass is 16.5. The lowest BCUT2D eigenvalue weighted by atomic mass is 9.78. The van der Waals surface area contributed by atoms with Gasteiger partial charge in [0.25, 0.3) is 5.91 Å². The Kier molecular flexibility index (Phi) is 9.03. The van der Waals surface area contributed by atoms with Crippen LogP contribution in [0.1, 0.15) is 24.8 Å². The Morgan fingerprint density at radius 2 is 1.46 bits per heavy atom. The van der Waals surface area contributed by atoms with E-state index in [1.54, 1.807) is 29.2 Å². The number of benzene rings is 2. The van der Waals surface area contributed by atoms with E-state index >= 15 is 0 Å². The number of piperazine rings is 1. The van der Waals surface area contributed by atoms with E-state index in [0.717, 1.165) is 36.4 Å². The molecule has 2 atom stereocenters. The highest BCUT2D eigenvalue weighted by Crippen LogP contribution is 2.35. The van der Waals surface area contributed by atoms with Gasteiger partial charge in [-0.3, -0.25) is 9.59 Å². The number of β-lactam (4-membered cyclic amide) rings is 1. The summed E-state index contributed by atoms with van der Waals surface area (Å²) in [5.74, 6) is -0.933. The van der Waals surface area contributed by atoms with Gasteiger partial charge in [0.15, 0.2) is 12.6 Å². The Balaban J connectivity index is 1.05. The van der Waals surface area contributed by atoms with Crippen LogP contribution in [0.5, 0.6) is 11.5 Å². The van der Waals surface area contributed by atoms with Crippen LogP contribution >= 0.6 is 0 Å². The third-order valence-electron chi connectivity index (χ3n) is 8.06. The number of nitrogens with one attached hydrogen (secondary N) is 1. The summed E-state index contributed by atoms with van der Waals surface area (Å²) in [5, 5.41) is 13.0. The number of carboxylic acid groups (broad SMARTS) is 1. The van der Waals surface area contributed by atoms with Crippen molar-refractivity contribution in [3.63, 3.8) is 0 Å². The molecule has 2 aromatic rings. The van der Waals surface area contributed by atoms with Crippen LogP contribution in [0, 0.1) is 11.8 Å². The van der Waals surface area contributed by atoms with Crippen LogP contribution < -0.4 is 14.8 Å². The van der Waals surface area contributed by atoms with Crippen molar-refractivity contribution in [1.82, 2.24) is 20.0 Å². The average Bonchev–Trinajstić information content (AvgIpc) is 3.01. The number of hydrogen-bond donors (Lipinski definition) is 2. The largest absolute Gasteiger partial charge is 0.489 e. The van der Waals surface area contributed by atoms with Crippen molar-refractivity contribution in [2.75, 3.05) is 45.9 Å². The second-order valence-corrected chi connectivity index (χ2v) is 10.7. The molecule has 3 fully saturated rings. The van der Waals surface area contributed by atoms with E-state index in [4.69, 9.17) is 9.47 Å². The zero-order valence-electron chi connectivity index (χ0n) is 22.9. The molecule has 2 aromatic carbocycles. The van der Waals surface area contributed by atoms with Gasteiger partial charge in [-0.15, -0.1) is 0 Å². The number of imide groups is 1. The fourth-order valence-electron chi connectivity index (χ4n) is 5.66. The van der Waals surface area contributed by atoms with Crippen LogP contribution in [0.25, 0.3) is 0 Å². The molecule has 3 aliphatic heterocycles. The van der Waals surface area contributed by atoms with Gasteiger partial charge in [0.1, 0.15) is 18.1 Å². The number of likely N-dealkylation sites (tertiary alicyclic amines) is 1. The third kappa shape index (κ3) is 6.79. The highest BCUT2D eigenvalue weighted by Gasteiger charge is 2.56. The van der Waals surface area contributed by atoms with Crippen molar-refractivity contribution in [1.29, 1.82) is 0 Å². The van der Waals surface area contributed by atoms with E-state index in [1.165, 1.54) is 4.90 Å². The topological polar surface area (TPSA) is 129 Å². The van der Waals surface area contributed by atoms with Crippen molar-refractivity contribution in [3.05, 3.63) is 60.2 Å². The quantitative estimate of drug-likeness (QED) is 0.444. The van der Waals surface area contributed by atoms with Gasteiger partial charge in [0.05, 0.1) is 5.92 Å². The zero-order chi connectivity index (χ0) is 28.8. The molecule has 0 spiro atoms. The molecule has 0 unspecified atom stereocenters. The molecular formula is C30H36N4O7. The maximum absolute atomic E-state index is 13.1. The second-order valence-electron chi connectivity index (χ2n) is 10.7. The van der Waals surface area contributed by atoms with E-state index in [0.29, 0.717) is 24.5 Å². The first kappa shape index (κ1) is 28.4. The van der Waals surface area contributed by atoms with Gasteiger partial charge in [-0.2, -0.15) is 0 Å². The van der Waals surface area contributed by atoms with Gasteiger partial charge in [-0.1, -0.05) is 30.3 Å². The average molecular weight is 565 g/mol. The van der Waals surface area contributed by atoms with Crippen LogP contribution in [0.4, 0.5) is 4.79 Å². The lowest BCUT2D eigenvalue weighted by Crippen LogP contribution is -2.69. The lowest BCUT2D eigenvalue weighted by molar-refractivity contribution is -0.167. The Morgan fingerprint density at radius 1 is 0.854 bits per heavy atom. The number of urea groups is 1. The molecule has 3 heterocycles. The Labute approximate surface area is 239 Å². The first-order valence-corrected chi connectivity index (χ1v) is 14.1. The minimum absolute atomic E-state index is 0.151. The highest BCUT2D eigenvalue weighted by molar-refractivity contribution is 6.07. The molecular weight excluding hydrogens is 528 g/mol. The van der Waals surface area contributed by atoms with Crippen molar-refractivity contribution in [3.8, 4) is 11.5 Å². The van der Waals surface area contributed by atoms with Gasteiger partial charge < -0.3 is 29.7 Å². The minimum Gasteiger partial charge on any atom is -0.489 e. The summed E-state index contributed by atoms with van der Waals surface area (Å²) in [6.45, 7) is 3.00. The molecule has 5 rings (SSSR count). The Bertz CT molecular complexity index is 1230. The fourth-order valence-corrected chi connectivity index (χ4v) is 5.66. The summed E-state index contributed by atoms with van der Waals surface area (Å²) in [5.41, 5.74) is 1.07. The summed E-state index contributed by atoms with van der Waals surface area (Å²) in [6.07, 6.45) is 2.30. The van der Waals surface area contributed by atoms with E-state index in [9.17, 15) is 24.3 Å². The summed E-state index contributed by atoms with van der Waals surface area (Å²) < 4.78 is 11.4. The van der Waals surface area contributed by atoms with Crippen LogP contribution in [0.15, 0.2) is 54.6 Å². The standard InChI is InChI=1S/C30H36N4O7/c35-26(20-41-24-8-6-23(7-9-24)40-19-22-4-2-1-3-5-22)32-14-16-33(17-15-32)30(39)34-27(29(37)38)25(28(34)36)18-21-10-12-31-13-11-21/h1-9,21,25,27,31H,10-20H2,(H,37,38)/t25-,27+/m1/s1. The van der Waals surface area contributed by atoms with Gasteiger partial charge in [-0.05, 0) is 68.1 Å². The number of ether oxygens (including phenoxy) is 2. The number of amides is 4. The van der Waals surface area contributed by atoms with Crippen molar-refractivity contribution >= 4 is 23.8 Å². The minimum atomic E-state index is -1.15. The molecule has 3 saturated heterocycles. The van der Waals surface area contributed by atoms with Crippen LogP contribution in [-0.4, -0.2) is 95.5 Å². The molecule has 218 valence electrons. The molecule has 41 heavy (non-hydrogen) atoms. The predicted molar refractivity (Wildman–Crippen MR) is 148 cm³/mol. The molecule has 11 heteroatoms. The van der Waals surface area contributed by atoms with Crippen molar-refractivity contribution < 1.29 is 33.8 Å². The second kappa shape index (κ2) is 13.0.